The van der Waals surface area contributed by atoms with Crippen molar-refractivity contribution in [2.45, 2.75) is 50.7 Å². The Hall–Kier alpha value is -0.130. The molecular weight excluding hydrogens is 236 g/mol. The molecule has 1 unspecified atom stereocenters. The highest BCUT2D eigenvalue weighted by Crippen LogP contribution is 2.28. The van der Waals surface area contributed by atoms with Crippen molar-refractivity contribution in [3.8, 4) is 0 Å². The SMILES string of the molecule is CNCC(C)S(=O)(=O)NCCCC1CCCC1. The van der Waals surface area contributed by atoms with Crippen LogP contribution in [0.4, 0.5) is 0 Å². The van der Waals surface area contributed by atoms with Gasteiger partial charge >= 0.3 is 0 Å². The minimum absolute atomic E-state index is 0.362. The minimum Gasteiger partial charge on any atom is -0.318 e. The van der Waals surface area contributed by atoms with E-state index in [9.17, 15) is 8.42 Å². The summed E-state index contributed by atoms with van der Waals surface area (Å²) < 4.78 is 26.2. The van der Waals surface area contributed by atoms with Crippen LogP contribution in [0, 0.1) is 5.92 Å². The van der Waals surface area contributed by atoms with Crippen molar-refractivity contribution in [1.82, 2.24) is 10.0 Å². The Bertz CT molecular complexity index is 298. The molecule has 1 aliphatic rings. The average molecular weight is 262 g/mol. The Balaban J connectivity index is 2.16. The first-order valence-electron chi connectivity index (χ1n) is 6.69. The van der Waals surface area contributed by atoms with Gasteiger partial charge in [-0.3, -0.25) is 0 Å². The van der Waals surface area contributed by atoms with Gasteiger partial charge in [0.05, 0.1) is 5.25 Å². The molecule has 1 saturated carbocycles. The van der Waals surface area contributed by atoms with E-state index in [2.05, 4.69) is 10.0 Å². The summed E-state index contributed by atoms with van der Waals surface area (Å²) in [6, 6.07) is 0. The lowest BCUT2D eigenvalue weighted by atomic mass is 10.0. The van der Waals surface area contributed by atoms with Crippen molar-refractivity contribution in [1.29, 1.82) is 0 Å². The summed E-state index contributed by atoms with van der Waals surface area (Å²) in [4.78, 5) is 0. The zero-order valence-corrected chi connectivity index (χ0v) is 11.9. The number of hydrogen-bond acceptors (Lipinski definition) is 3. The maximum Gasteiger partial charge on any atom is 0.215 e. The van der Waals surface area contributed by atoms with E-state index in [1.165, 1.54) is 32.1 Å². The summed E-state index contributed by atoms with van der Waals surface area (Å²) in [7, 11) is -1.36. The summed E-state index contributed by atoms with van der Waals surface area (Å²) in [6.07, 6.45) is 7.52. The molecule has 5 heteroatoms. The molecule has 17 heavy (non-hydrogen) atoms. The van der Waals surface area contributed by atoms with Crippen molar-refractivity contribution in [2.75, 3.05) is 20.1 Å². The molecule has 0 radical (unpaired) electrons. The predicted octanol–water partition coefficient (Wildman–Crippen LogP) is 1.48. The molecule has 102 valence electrons. The third-order valence-electron chi connectivity index (χ3n) is 3.59. The second kappa shape index (κ2) is 7.34. The van der Waals surface area contributed by atoms with Crippen LogP contribution < -0.4 is 10.0 Å². The van der Waals surface area contributed by atoms with Crippen LogP contribution in [0.2, 0.25) is 0 Å². The highest BCUT2D eigenvalue weighted by atomic mass is 32.2. The van der Waals surface area contributed by atoms with Gasteiger partial charge in [-0.25, -0.2) is 13.1 Å². The standard InChI is InChI=1S/C12H26N2O2S/c1-11(10-13-2)17(15,16)14-9-5-8-12-6-3-4-7-12/h11-14H,3-10H2,1-2H3. The van der Waals surface area contributed by atoms with Crippen molar-refractivity contribution < 1.29 is 8.42 Å². The number of sulfonamides is 1. The third kappa shape index (κ3) is 5.36. The van der Waals surface area contributed by atoms with Crippen molar-refractivity contribution >= 4 is 10.0 Å². The van der Waals surface area contributed by atoms with E-state index in [4.69, 9.17) is 0 Å². The van der Waals surface area contributed by atoms with Crippen LogP contribution in [-0.4, -0.2) is 33.8 Å². The van der Waals surface area contributed by atoms with E-state index >= 15 is 0 Å². The van der Waals surface area contributed by atoms with Crippen LogP contribution in [0.1, 0.15) is 45.4 Å². The number of nitrogens with one attached hydrogen (secondary N) is 2. The Morgan fingerprint density at radius 3 is 2.53 bits per heavy atom. The van der Waals surface area contributed by atoms with E-state index in [1.807, 2.05) is 0 Å². The highest BCUT2D eigenvalue weighted by molar-refractivity contribution is 7.90. The van der Waals surface area contributed by atoms with Gasteiger partial charge in [-0.2, -0.15) is 0 Å². The predicted molar refractivity (Wildman–Crippen MR) is 71.5 cm³/mol. The quantitative estimate of drug-likeness (QED) is 0.652. The molecule has 0 bridgehead atoms. The zero-order valence-electron chi connectivity index (χ0n) is 11.0. The first-order valence-corrected chi connectivity index (χ1v) is 8.24. The number of hydrogen-bond donors (Lipinski definition) is 2. The maximum absolute atomic E-state index is 11.8. The maximum atomic E-state index is 11.8. The molecule has 1 atom stereocenters. The molecule has 0 saturated heterocycles. The van der Waals surface area contributed by atoms with E-state index < -0.39 is 10.0 Å². The summed E-state index contributed by atoms with van der Waals surface area (Å²) in [5.41, 5.74) is 0. The van der Waals surface area contributed by atoms with Crippen LogP contribution in [0.3, 0.4) is 0 Å². The first kappa shape index (κ1) is 14.9. The Kier molecular flexibility index (Phi) is 6.44. The molecule has 1 rings (SSSR count). The lowest BCUT2D eigenvalue weighted by molar-refractivity contribution is 0.479. The molecule has 0 aromatic rings. The van der Waals surface area contributed by atoms with Crippen LogP contribution >= 0.6 is 0 Å². The summed E-state index contributed by atoms with van der Waals surface area (Å²) in [6.45, 7) is 2.82. The van der Waals surface area contributed by atoms with Gasteiger partial charge in [0.15, 0.2) is 0 Å². The lowest BCUT2D eigenvalue weighted by Crippen LogP contribution is -2.38. The molecule has 0 spiro atoms. The average Bonchev–Trinajstić information content (AvgIpc) is 2.77. The smallest absolute Gasteiger partial charge is 0.215 e. The van der Waals surface area contributed by atoms with Gasteiger partial charge in [0.25, 0.3) is 0 Å². The second-order valence-electron chi connectivity index (χ2n) is 5.10. The monoisotopic (exact) mass is 262 g/mol. The zero-order chi connectivity index (χ0) is 12.7. The highest BCUT2D eigenvalue weighted by Gasteiger charge is 2.19. The molecule has 0 aliphatic heterocycles. The van der Waals surface area contributed by atoms with Gasteiger partial charge < -0.3 is 5.32 Å². The molecule has 0 heterocycles. The van der Waals surface area contributed by atoms with E-state index in [-0.39, 0.29) is 5.25 Å². The van der Waals surface area contributed by atoms with Gasteiger partial charge in [0, 0.05) is 13.1 Å². The minimum atomic E-state index is -3.13. The molecule has 4 nitrogen and oxygen atoms in total. The van der Waals surface area contributed by atoms with Crippen molar-refractivity contribution in [3.63, 3.8) is 0 Å². The molecule has 0 amide bonds. The summed E-state index contributed by atoms with van der Waals surface area (Å²) >= 11 is 0. The Morgan fingerprint density at radius 2 is 1.94 bits per heavy atom. The van der Waals surface area contributed by atoms with Gasteiger partial charge in [-0.05, 0) is 32.7 Å². The van der Waals surface area contributed by atoms with Gasteiger partial charge in [0.2, 0.25) is 10.0 Å². The van der Waals surface area contributed by atoms with Gasteiger partial charge in [0.1, 0.15) is 0 Å². The normalized spacial score (nSPS) is 19.6. The lowest BCUT2D eigenvalue weighted by Gasteiger charge is -2.14. The van der Waals surface area contributed by atoms with Crippen molar-refractivity contribution in [3.05, 3.63) is 0 Å². The fraction of sp³-hybridized carbons (Fsp3) is 1.00. The van der Waals surface area contributed by atoms with Crippen molar-refractivity contribution in [2.24, 2.45) is 5.92 Å². The van der Waals surface area contributed by atoms with E-state index in [0.29, 0.717) is 13.1 Å². The molecule has 2 N–H and O–H groups in total. The van der Waals surface area contributed by atoms with Crippen LogP contribution in [0.25, 0.3) is 0 Å². The molecular formula is C12H26N2O2S. The van der Waals surface area contributed by atoms with E-state index in [0.717, 1.165) is 12.3 Å². The Morgan fingerprint density at radius 1 is 1.29 bits per heavy atom. The molecule has 1 fully saturated rings. The fourth-order valence-electron chi connectivity index (χ4n) is 2.44. The first-order chi connectivity index (χ1) is 8.06. The third-order valence-corrected chi connectivity index (χ3v) is 5.42. The van der Waals surface area contributed by atoms with Crippen LogP contribution in [-0.2, 0) is 10.0 Å². The topological polar surface area (TPSA) is 58.2 Å². The largest absolute Gasteiger partial charge is 0.318 e. The van der Waals surface area contributed by atoms with E-state index in [1.54, 1.807) is 14.0 Å². The molecule has 0 aromatic heterocycles. The fourth-order valence-corrected chi connectivity index (χ4v) is 3.54. The van der Waals surface area contributed by atoms with Crippen LogP contribution in [0.15, 0.2) is 0 Å². The summed E-state index contributed by atoms with van der Waals surface area (Å²) in [5, 5.41) is 2.53. The van der Waals surface area contributed by atoms with Crippen LogP contribution in [0.5, 0.6) is 0 Å². The van der Waals surface area contributed by atoms with Gasteiger partial charge in [-0.1, -0.05) is 25.7 Å². The molecule has 0 aromatic carbocycles. The summed E-state index contributed by atoms with van der Waals surface area (Å²) in [5.74, 6) is 0.842. The molecule has 1 aliphatic carbocycles. The van der Waals surface area contributed by atoms with Gasteiger partial charge in [-0.15, -0.1) is 0 Å². The second-order valence-corrected chi connectivity index (χ2v) is 7.28. The Labute approximate surface area is 106 Å². The number of rotatable bonds is 8.